The first kappa shape index (κ1) is 20.7. The zero-order valence-corrected chi connectivity index (χ0v) is 17.6. The van der Waals surface area contributed by atoms with Crippen molar-refractivity contribution in [3.05, 3.63) is 29.3 Å². The van der Waals surface area contributed by atoms with Crippen molar-refractivity contribution in [1.29, 1.82) is 0 Å². The maximum atomic E-state index is 12.3. The number of benzene rings is 1. The van der Waals surface area contributed by atoms with Crippen molar-refractivity contribution in [2.45, 2.75) is 45.6 Å². The fourth-order valence-electron chi connectivity index (χ4n) is 4.41. The normalized spacial score (nSPS) is 20.8. The number of carbonyl (C=O) groups excluding carboxylic acids is 3. The molecule has 3 amide bonds. The lowest BCUT2D eigenvalue weighted by molar-refractivity contribution is -0.174. The molecule has 0 radical (unpaired) electrons. The quantitative estimate of drug-likeness (QED) is 0.704. The van der Waals surface area contributed by atoms with Crippen molar-refractivity contribution in [1.82, 2.24) is 14.9 Å². The first-order valence-corrected chi connectivity index (χ1v) is 10.9. The van der Waals surface area contributed by atoms with Crippen LogP contribution in [-0.4, -0.2) is 72.0 Å². The smallest absolute Gasteiger partial charge is 0.372 e. The van der Waals surface area contributed by atoms with E-state index in [1.807, 2.05) is 0 Å². The second kappa shape index (κ2) is 9.04. The Labute approximate surface area is 177 Å². The number of imide groups is 1. The van der Waals surface area contributed by atoms with Gasteiger partial charge in [-0.3, -0.25) is 14.5 Å². The van der Waals surface area contributed by atoms with E-state index in [1.54, 1.807) is 4.90 Å². The molecule has 8 nitrogen and oxygen atoms in total. The van der Waals surface area contributed by atoms with Gasteiger partial charge in [0.15, 0.2) is 0 Å². The van der Waals surface area contributed by atoms with Gasteiger partial charge in [-0.25, -0.2) is 4.79 Å². The van der Waals surface area contributed by atoms with Crippen LogP contribution in [0.1, 0.15) is 43.2 Å². The molecule has 0 unspecified atom stereocenters. The van der Waals surface area contributed by atoms with Gasteiger partial charge < -0.3 is 14.6 Å². The van der Waals surface area contributed by atoms with Gasteiger partial charge in [0.2, 0.25) is 0 Å². The Hall–Kier alpha value is -2.61. The summed E-state index contributed by atoms with van der Waals surface area (Å²) in [6, 6.07) is 6.80. The van der Waals surface area contributed by atoms with Crippen molar-refractivity contribution in [3.8, 4) is 0 Å². The maximum absolute atomic E-state index is 12.3. The van der Waals surface area contributed by atoms with E-state index < -0.39 is 17.9 Å². The summed E-state index contributed by atoms with van der Waals surface area (Å²) < 4.78 is 0. The second-order valence-corrected chi connectivity index (χ2v) is 8.43. The van der Waals surface area contributed by atoms with Crippen LogP contribution in [-0.2, 0) is 21.0 Å². The molecule has 3 aliphatic rings. The molecule has 8 heteroatoms. The summed E-state index contributed by atoms with van der Waals surface area (Å²) in [5.41, 5.74) is 3.88. The number of anilines is 1. The molecule has 0 N–H and O–H groups in total. The molecule has 0 aromatic heterocycles. The number of hydrogen-bond donors (Lipinski definition) is 0. The molecule has 1 aromatic carbocycles. The van der Waals surface area contributed by atoms with E-state index >= 15 is 0 Å². The van der Waals surface area contributed by atoms with Crippen LogP contribution in [0.5, 0.6) is 0 Å². The number of hydrogen-bond acceptors (Lipinski definition) is 6. The lowest BCUT2D eigenvalue weighted by Crippen LogP contribution is -2.50. The predicted octanol–water partition coefficient (Wildman–Crippen LogP) is 2.30. The minimum atomic E-state index is -0.624. The van der Waals surface area contributed by atoms with E-state index in [1.165, 1.54) is 36.1 Å². The van der Waals surface area contributed by atoms with Gasteiger partial charge in [-0.1, -0.05) is 6.07 Å². The topological polar surface area (TPSA) is 73.4 Å². The van der Waals surface area contributed by atoms with E-state index in [0.717, 1.165) is 32.7 Å². The molecule has 0 saturated carbocycles. The zero-order valence-electron chi connectivity index (χ0n) is 17.6. The first-order chi connectivity index (χ1) is 14.5. The number of hydroxylamine groups is 2. The number of rotatable bonds is 4. The molecule has 1 aromatic rings. The lowest BCUT2D eigenvalue weighted by atomic mass is 10.1. The highest BCUT2D eigenvalue weighted by Crippen LogP contribution is 2.24. The summed E-state index contributed by atoms with van der Waals surface area (Å²) in [7, 11) is 0. The molecule has 0 bridgehead atoms. The highest BCUT2D eigenvalue weighted by Gasteiger charge is 2.34. The average Bonchev–Trinajstić information content (AvgIpc) is 3.06. The fraction of sp³-hybridized carbons (Fsp3) is 0.591. The highest BCUT2D eigenvalue weighted by molar-refractivity contribution is 6.01. The molecule has 0 atom stereocenters. The predicted molar refractivity (Wildman–Crippen MR) is 112 cm³/mol. The summed E-state index contributed by atoms with van der Waals surface area (Å²) in [6.45, 7) is 7.73. The summed E-state index contributed by atoms with van der Waals surface area (Å²) in [4.78, 5) is 46.9. The van der Waals surface area contributed by atoms with E-state index in [-0.39, 0.29) is 12.8 Å². The monoisotopic (exact) mass is 414 g/mol. The number of aryl methyl sites for hydroxylation is 1. The maximum Gasteiger partial charge on any atom is 0.434 e. The molecule has 4 rings (SSSR count). The molecule has 30 heavy (non-hydrogen) atoms. The molecule has 162 valence electrons. The molecule has 0 spiro atoms. The third kappa shape index (κ3) is 4.75. The summed E-state index contributed by atoms with van der Waals surface area (Å²) >= 11 is 0. The van der Waals surface area contributed by atoms with Gasteiger partial charge in [0.25, 0.3) is 11.8 Å². The summed E-state index contributed by atoms with van der Waals surface area (Å²) in [6.07, 6.45) is 3.43. The third-order valence-corrected chi connectivity index (χ3v) is 6.05. The Kier molecular flexibility index (Phi) is 6.22. The summed E-state index contributed by atoms with van der Waals surface area (Å²) in [5.74, 6) is -0.896. The third-order valence-electron chi connectivity index (χ3n) is 6.05. The fourth-order valence-corrected chi connectivity index (χ4v) is 4.41. The van der Waals surface area contributed by atoms with Gasteiger partial charge in [0.05, 0.1) is 0 Å². The van der Waals surface area contributed by atoms with Crippen LogP contribution in [0.2, 0.25) is 0 Å². The number of piperazine rings is 1. The largest absolute Gasteiger partial charge is 0.434 e. The van der Waals surface area contributed by atoms with E-state index in [9.17, 15) is 14.4 Å². The van der Waals surface area contributed by atoms with Crippen LogP contribution < -0.4 is 4.90 Å². The van der Waals surface area contributed by atoms with Gasteiger partial charge >= 0.3 is 6.09 Å². The molecule has 0 aliphatic carbocycles. The van der Waals surface area contributed by atoms with Crippen molar-refractivity contribution in [3.63, 3.8) is 0 Å². The molecular formula is C22H30N4O4. The number of nitrogens with zero attached hydrogens (tertiary/aromatic N) is 4. The zero-order chi connectivity index (χ0) is 21.1. The van der Waals surface area contributed by atoms with Crippen LogP contribution in [0, 0.1) is 6.92 Å². The van der Waals surface area contributed by atoms with Crippen molar-refractivity contribution < 1.29 is 19.2 Å². The standard InChI is InChI=1S/C22H30N4O4/c1-17-13-18(15-19(14-17)24-7-3-2-4-8-24)16-23-9-11-25(12-10-23)22(29)30-26-20(27)5-6-21(26)28/h13-15H,2-12,16H2,1H3. The van der Waals surface area contributed by atoms with Crippen LogP contribution in [0.4, 0.5) is 10.5 Å². The Balaban J connectivity index is 1.30. The molecule has 3 fully saturated rings. The van der Waals surface area contributed by atoms with Crippen LogP contribution in [0.25, 0.3) is 0 Å². The van der Waals surface area contributed by atoms with Crippen molar-refractivity contribution >= 4 is 23.6 Å². The first-order valence-electron chi connectivity index (χ1n) is 10.9. The van der Waals surface area contributed by atoms with E-state index in [4.69, 9.17) is 4.84 Å². The van der Waals surface area contributed by atoms with Gasteiger partial charge in [-0.05, 0) is 49.4 Å². The van der Waals surface area contributed by atoms with Crippen molar-refractivity contribution in [2.24, 2.45) is 0 Å². The minimum Gasteiger partial charge on any atom is -0.372 e. The van der Waals surface area contributed by atoms with Crippen LogP contribution in [0.3, 0.4) is 0 Å². The molecule has 3 aliphatic heterocycles. The van der Waals surface area contributed by atoms with Gasteiger partial charge in [-0.15, -0.1) is 5.06 Å². The number of piperidine rings is 1. The Morgan fingerprint density at radius 2 is 1.57 bits per heavy atom. The van der Waals surface area contributed by atoms with Crippen molar-refractivity contribution in [2.75, 3.05) is 44.2 Å². The summed E-state index contributed by atoms with van der Waals surface area (Å²) in [5, 5.41) is 0.615. The Morgan fingerprint density at radius 3 is 2.23 bits per heavy atom. The Morgan fingerprint density at radius 1 is 0.900 bits per heavy atom. The minimum absolute atomic E-state index is 0.107. The van der Waals surface area contributed by atoms with E-state index in [0.29, 0.717) is 18.2 Å². The average molecular weight is 415 g/mol. The molecule has 3 saturated heterocycles. The number of amides is 3. The Bertz CT molecular complexity index is 797. The molecule has 3 heterocycles. The number of carbonyl (C=O) groups is 3. The van der Waals surface area contributed by atoms with Gasteiger partial charge in [-0.2, -0.15) is 0 Å². The SMILES string of the molecule is Cc1cc(CN2CCN(C(=O)ON3C(=O)CCC3=O)CC2)cc(N2CCCCC2)c1. The van der Waals surface area contributed by atoms with Crippen LogP contribution in [0.15, 0.2) is 18.2 Å². The lowest BCUT2D eigenvalue weighted by Gasteiger charge is -2.34. The van der Waals surface area contributed by atoms with Gasteiger partial charge in [0, 0.05) is 64.3 Å². The van der Waals surface area contributed by atoms with Crippen LogP contribution >= 0.6 is 0 Å². The molecular weight excluding hydrogens is 384 g/mol. The van der Waals surface area contributed by atoms with E-state index in [2.05, 4.69) is 34.9 Å². The van der Waals surface area contributed by atoms with Gasteiger partial charge in [0.1, 0.15) is 0 Å². The second-order valence-electron chi connectivity index (χ2n) is 8.43. The highest BCUT2D eigenvalue weighted by atomic mass is 16.7.